The zero-order chi connectivity index (χ0) is 16.2. The Hall–Kier alpha value is -1.85. The van der Waals surface area contributed by atoms with Gasteiger partial charge in [-0.05, 0) is 37.2 Å². The highest BCUT2D eigenvalue weighted by molar-refractivity contribution is 5.33. The van der Waals surface area contributed by atoms with E-state index in [1.807, 2.05) is 37.3 Å². The summed E-state index contributed by atoms with van der Waals surface area (Å²) in [5.41, 5.74) is 0.912. The first-order chi connectivity index (χ1) is 10.4. The van der Waals surface area contributed by atoms with E-state index >= 15 is 0 Å². The number of nitrogens with one attached hydrogen (secondary N) is 1. The summed E-state index contributed by atoms with van der Waals surface area (Å²) in [6.07, 6.45) is -4.99. The zero-order valence-electron chi connectivity index (χ0n) is 12.4. The van der Waals surface area contributed by atoms with Crippen molar-refractivity contribution < 1.29 is 17.9 Å². The molecule has 2 unspecified atom stereocenters. The second-order valence-corrected chi connectivity index (χ2v) is 4.98. The van der Waals surface area contributed by atoms with Gasteiger partial charge in [-0.25, -0.2) is 0 Å². The van der Waals surface area contributed by atoms with E-state index in [4.69, 9.17) is 4.74 Å². The Morgan fingerprint density at radius 3 is 1.95 bits per heavy atom. The Morgan fingerprint density at radius 1 is 0.909 bits per heavy atom. The summed E-state index contributed by atoms with van der Waals surface area (Å²) in [5, 5.41) is 2.97. The fourth-order valence-corrected chi connectivity index (χ4v) is 2.10. The SMILES string of the molecule is CNC(C)OC(c1ccccc1)c1ccc(C(F)(F)F)cc1. The summed E-state index contributed by atoms with van der Waals surface area (Å²) < 4.78 is 43.9. The highest BCUT2D eigenvalue weighted by Gasteiger charge is 2.30. The number of rotatable bonds is 5. The lowest BCUT2D eigenvalue weighted by molar-refractivity contribution is -0.137. The highest BCUT2D eigenvalue weighted by Crippen LogP contribution is 2.32. The lowest BCUT2D eigenvalue weighted by atomic mass is 10.00. The van der Waals surface area contributed by atoms with Gasteiger partial charge >= 0.3 is 6.18 Å². The minimum absolute atomic E-state index is 0.229. The summed E-state index contributed by atoms with van der Waals surface area (Å²) in [6.45, 7) is 1.85. The number of hydrogen-bond acceptors (Lipinski definition) is 2. The van der Waals surface area contributed by atoms with Crippen molar-refractivity contribution in [1.29, 1.82) is 0 Å². The molecule has 0 aliphatic rings. The molecule has 0 heterocycles. The van der Waals surface area contributed by atoms with Gasteiger partial charge < -0.3 is 4.74 Å². The number of benzene rings is 2. The second-order valence-electron chi connectivity index (χ2n) is 4.98. The summed E-state index contributed by atoms with van der Waals surface area (Å²) in [4.78, 5) is 0. The lowest BCUT2D eigenvalue weighted by Crippen LogP contribution is -2.27. The normalized spacial score (nSPS) is 14.6. The first-order valence-electron chi connectivity index (χ1n) is 6.96. The molecule has 0 spiro atoms. The molecule has 0 amide bonds. The quantitative estimate of drug-likeness (QED) is 0.828. The van der Waals surface area contributed by atoms with E-state index in [2.05, 4.69) is 5.32 Å². The smallest absolute Gasteiger partial charge is 0.351 e. The van der Waals surface area contributed by atoms with E-state index in [0.717, 1.165) is 17.7 Å². The molecule has 0 fully saturated rings. The molecule has 0 bridgehead atoms. The Morgan fingerprint density at radius 2 is 1.45 bits per heavy atom. The molecule has 2 aromatic carbocycles. The zero-order valence-corrected chi connectivity index (χ0v) is 12.4. The summed E-state index contributed by atoms with van der Waals surface area (Å²) in [5.74, 6) is 0. The minimum atomic E-state index is -4.33. The molecular formula is C17H18F3NO. The molecular weight excluding hydrogens is 291 g/mol. The molecule has 1 N–H and O–H groups in total. The lowest BCUT2D eigenvalue weighted by Gasteiger charge is -2.23. The fraction of sp³-hybridized carbons (Fsp3) is 0.294. The highest BCUT2D eigenvalue weighted by atomic mass is 19.4. The van der Waals surface area contributed by atoms with Crippen LogP contribution in [-0.2, 0) is 10.9 Å². The average Bonchev–Trinajstić information content (AvgIpc) is 2.52. The molecule has 118 valence electrons. The molecule has 0 saturated carbocycles. The first kappa shape index (κ1) is 16.5. The van der Waals surface area contributed by atoms with E-state index in [1.165, 1.54) is 12.1 Å². The molecule has 2 rings (SSSR count). The predicted molar refractivity (Wildman–Crippen MR) is 79.3 cm³/mol. The number of hydrogen-bond donors (Lipinski definition) is 1. The topological polar surface area (TPSA) is 21.3 Å². The second kappa shape index (κ2) is 6.94. The van der Waals surface area contributed by atoms with Gasteiger partial charge in [0.25, 0.3) is 0 Å². The Balaban J connectivity index is 2.33. The van der Waals surface area contributed by atoms with Crippen molar-refractivity contribution in [2.45, 2.75) is 25.4 Å². The molecule has 2 nitrogen and oxygen atoms in total. The molecule has 0 radical (unpaired) electrons. The van der Waals surface area contributed by atoms with Crippen molar-refractivity contribution in [2.75, 3.05) is 7.05 Å². The van der Waals surface area contributed by atoms with Crippen LogP contribution in [0.15, 0.2) is 54.6 Å². The predicted octanol–water partition coefficient (Wildman–Crippen LogP) is 4.38. The molecule has 5 heteroatoms. The molecule has 2 atom stereocenters. The average molecular weight is 309 g/mol. The molecule has 0 aromatic heterocycles. The van der Waals surface area contributed by atoms with Crippen LogP contribution in [0.1, 0.15) is 29.7 Å². The van der Waals surface area contributed by atoms with E-state index in [1.54, 1.807) is 7.05 Å². The number of halogens is 3. The van der Waals surface area contributed by atoms with Crippen molar-refractivity contribution in [3.05, 3.63) is 71.3 Å². The van der Waals surface area contributed by atoms with Gasteiger partial charge in [-0.1, -0.05) is 42.5 Å². The molecule has 22 heavy (non-hydrogen) atoms. The van der Waals surface area contributed by atoms with Crippen LogP contribution in [0.5, 0.6) is 0 Å². The summed E-state index contributed by atoms with van der Waals surface area (Å²) >= 11 is 0. The van der Waals surface area contributed by atoms with Gasteiger partial charge in [0.15, 0.2) is 0 Å². The number of alkyl halides is 3. The molecule has 2 aromatic rings. The third-order valence-electron chi connectivity index (χ3n) is 3.39. The number of ether oxygens (including phenoxy) is 1. The molecule has 0 saturated heterocycles. The Labute approximate surface area is 127 Å². The van der Waals surface area contributed by atoms with Crippen molar-refractivity contribution in [1.82, 2.24) is 5.32 Å². The standard InChI is InChI=1S/C17H18F3NO/c1-12(21-2)22-16(13-6-4-3-5-7-13)14-8-10-15(11-9-14)17(18,19)20/h3-12,16,21H,1-2H3. The molecule has 0 aliphatic heterocycles. The van der Waals surface area contributed by atoms with Crippen LogP contribution >= 0.6 is 0 Å². The van der Waals surface area contributed by atoms with Gasteiger partial charge in [0.05, 0.1) is 5.56 Å². The van der Waals surface area contributed by atoms with Crippen LogP contribution in [-0.4, -0.2) is 13.3 Å². The Bertz CT molecular complexity index is 581. The van der Waals surface area contributed by atoms with Crippen LogP contribution in [0.2, 0.25) is 0 Å². The van der Waals surface area contributed by atoms with Crippen molar-refractivity contribution >= 4 is 0 Å². The maximum Gasteiger partial charge on any atom is 0.416 e. The fourth-order valence-electron chi connectivity index (χ4n) is 2.10. The van der Waals surface area contributed by atoms with Gasteiger partial charge in [-0.15, -0.1) is 0 Å². The molecule has 0 aliphatic carbocycles. The van der Waals surface area contributed by atoms with Gasteiger partial charge in [-0.3, -0.25) is 5.32 Å². The van der Waals surface area contributed by atoms with Gasteiger partial charge in [-0.2, -0.15) is 13.2 Å². The Kier molecular flexibility index (Phi) is 5.21. The van der Waals surface area contributed by atoms with E-state index in [9.17, 15) is 13.2 Å². The van der Waals surface area contributed by atoms with Crippen LogP contribution in [0.4, 0.5) is 13.2 Å². The van der Waals surface area contributed by atoms with Gasteiger partial charge in [0, 0.05) is 0 Å². The van der Waals surface area contributed by atoms with Crippen LogP contribution in [0, 0.1) is 0 Å². The van der Waals surface area contributed by atoms with Crippen molar-refractivity contribution in [3.63, 3.8) is 0 Å². The maximum absolute atomic E-state index is 12.7. The van der Waals surface area contributed by atoms with E-state index < -0.39 is 17.8 Å². The largest absolute Gasteiger partial charge is 0.416 e. The van der Waals surface area contributed by atoms with Crippen LogP contribution in [0.3, 0.4) is 0 Å². The monoisotopic (exact) mass is 309 g/mol. The van der Waals surface area contributed by atoms with E-state index in [0.29, 0.717) is 5.56 Å². The first-order valence-corrected chi connectivity index (χ1v) is 6.96. The van der Waals surface area contributed by atoms with Crippen LogP contribution < -0.4 is 5.32 Å². The minimum Gasteiger partial charge on any atom is -0.351 e. The van der Waals surface area contributed by atoms with Crippen LogP contribution in [0.25, 0.3) is 0 Å². The van der Waals surface area contributed by atoms with Gasteiger partial charge in [0.1, 0.15) is 12.3 Å². The third-order valence-corrected chi connectivity index (χ3v) is 3.39. The van der Waals surface area contributed by atoms with E-state index in [-0.39, 0.29) is 6.23 Å². The van der Waals surface area contributed by atoms with Crippen molar-refractivity contribution in [3.8, 4) is 0 Å². The third kappa shape index (κ3) is 4.08. The summed E-state index contributed by atoms with van der Waals surface area (Å²) in [7, 11) is 1.76. The van der Waals surface area contributed by atoms with Crippen molar-refractivity contribution in [2.24, 2.45) is 0 Å². The van der Waals surface area contributed by atoms with Gasteiger partial charge in [0.2, 0.25) is 0 Å². The summed E-state index contributed by atoms with van der Waals surface area (Å²) in [6, 6.07) is 14.5. The maximum atomic E-state index is 12.7.